The van der Waals surface area contributed by atoms with E-state index < -0.39 is 0 Å². The van der Waals surface area contributed by atoms with Crippen molar-refractivity contribution in [1.29, 1.82) is 0 Å². The SMILES string of the molecule is CCN1CCC[C@H]1[C@@H]1CCCN1C(=O)c1c[nH]c2ncccc12. The molecule has 5 heteroatoms. The number of hydrogen-bond donors (Lipinski definition) is 1. The standard InChI is InChI=1S/C18H24N4O/c1-2-21-10-4-7-15(21)16-8-5-11-22(16)18(23)14-12-20-17-13(14)6-3-9-19-17/h3,6,9,12,15-16H,2,4-5,7-8,10-11H2,1H3,(H,19,20)/t15-,16-/m0/s1. The van der Waals surface area contributed by atoms with Gasteiger partial charge in [0.1, 0.15) is 5.65 Å². The molecule has 0 radical (unpaired) electrons. The molecule has 0 unspecified atom stereocenters. The summed E-state index contributed by atoms with van der Waals surface area (Å²) in [5.74, 6) is 0.162. The number of fused-ring (bicyclic) bond motifs is 1. The van der Waals surface area contributed by atoms with Gasteiger partial charge in [-0.3, -0.25) is 9.69 Å². The highest BCUT2D eigenvalue weighted by Gasteiger charge is 2.39. The van der Waals surface area contributed by atoms with Crippen LogP contribution in [0.25, 0.3) is 11.0 Å². The van der Waals surface area contributed by atoms with Crippen molar-refractivity contribution >= 4 is 16.9 Å². The minimum Gasteiger partial charge on any atom is -0.345 e. The lowest BCUT2D eigenvalue weighted by Gasteiger charge is -2.34. The largest absolute Gasteiger partial charge is 0.345 e. The van der Waals surface area contributed by atoms with Gasteiger partial charge in [-0.25, -0.2) is 4.98 Å². The van der Waals surface area contributed by atoms with E-state index in [2.05, 4.69) is 26.7 Å². The number of pyridine rings is 1. The summed E-state index contributed by atoms with van der Waals surface area (Å²) in [5, 5.41) is 0.932. The number of nitrogens with one attached hydrogen (secondary N) is 1. The molecule has 2 fully saturated rings. The predicted molar refractivity (Wildman–Crippen MR) is 90.4 cm³/mol. The normalized spacial score (nSPS) is 25.5. The van der Waals surface area contributed by atoms with E-state index in [1.165, 1.54) is 19.4 Å². The van der Waals surface area contributed by atoms with Gasteiger partial charge in [-0.05, 0) is 50.9 Å². The molecule has 2 saturated heterocycles. The molecule has 122 valence electrons. The summed E-state index contributed by atoms with van der Waals surface area (Å²) in [6.45, 7) is 5.37. The molecule has 2 atom stereocenters. The number of likely N-dealkylation sites (tertiary alicyclic amines) is 2. The van der Waals surface area contributed by atoms with Gasteiger partial charge in [0.2, 0.25) is 0 Å². The number of carbonyl (C=O) groups excluding carboxylic acids is 1. The van der Waals surface area contributed by atoms with Gasteiger partial charge in [0, 0.05) is 36.4 Å². The topological polar surface area (TPSA) is 52.2 Å². The van der Waals surface area contributed by atoms with Crippen LogP contribution in [0.2, 0.25) is 0 Å². The molecule has 1 amide bonds. The summed E-state index contributed by atoms with van der Waals surface area (Å²) >= 11 is 0. The van der Waals surface area contributed by atoms with Crippen molar-refractivity contribution in [2.24, 2.45) is 0 Å². The lowest BCUT2D eigenvalue weighted by molar-refractivity contribution is 0.0652. The van der Waals surface area contributed by atoms with E-state index in [1.54, 1.807) is 6.20 Å². The third-order valence-corrected chi connectivity index (χ3v) is 5.51. The second kappa shape index (κ2) is 5.96. The second-order valence-electron chi connectivity index (χ2n) is 6.65. The maximum atomic E-state index is 13.1. The van der Waals surface area contributed by atoms with Crippen molar-refractivity contribution in [2.45, 2.75) is 44.7 Å². The van der Waals surface area contributed by atoms with Crippen molar-refractivity contribution in [3.8, 4) is 0 Å². The van der Waals surface area contributed by atoms with Crippen molar-refractivity contribution in [1.82, 2.24) is 19.8 Å². The van der Waals surface area contributed by atoms with E-state index in [-0.39, 0.29) is 5.91 Å². The van der Waals surface area contributed by atoms with Gasteiger partial charge < -0.3 is 9.88 Å². The zero-order valence-electron chi connectivity index (χ0n) is 13.7. The monoisotopic (exact) mass is 312 g/mol. The maximum Gasteiger partial charge on any atom is 0.256 e. The maximum absolute atomic E-state index is 13.1. The number of hydrogen-bond acceptors (Lipinski definition) is 3. The summed E-state index contributed by atoms with van der Waals surface area (Å²) in [4.78, 5) is 25.2. The van der Waals surface area contributed by atoms with Crippen LogP contribution in [-0.2, 0) is 0 Å². The zero-order chi connectivity index (χ0) is 15.8. The third-order valence-electron chi connectivity index (χ3n) is 5.51. The number of H-pyrrole nitrogens is 1. The number of likely N-dealkylation sites (N-methyl/N-ethyl adjacent to an activating group) is 1. The van der Waals surface area contributed by atoms with Crippen molar-refractivity contribution in [3.63, 3.8) is 0 Å². The van der Waals surface area contributed by atoms with Gasteiger partial charge >= 0.3 is 0 Å². The van der Waals surface area contributed by atoms with Gasteiger partial charge in [-0.2, -0.15) is 0 Å². The average molecular weight is 312 g/mol. The first-order chi connectivity index (χ1) is 11.3. The molecule has 0 aromatic carbocycles. The van der Waals surface area contributed by atoms with Crippen molar-refractivity contribution in [3.05, 3.63) is 30.1 Å². The summed E-state index contributed by atoms with van der Waals surface area (Å²) in [6, 6.07) is 4.77. The van der Waals surface area contributed by atoms with Gasteiger partial charge in [-0.1, -0.05) is 6.92 Å². The minimum absolute atomic E-state index is 0.162. The molecule has 1 N–H and O–H groups in total. The summed E-state index contributed by atoms with van der Waals surface area (Å²) in [6.07, 6.45) is 8.30. The minimum atomic E-state index is 0.162. The van der Waals surface area contributed by atoms with Crippen LogP contribution in [0.5, 0.6) is 0 Å². The molecule has 0 aliphatic carbocycles. The Morgan fingerprint density at radius 1 is 1.30 bits per heavy atom. The fourth-order valence-corrected chi connectivity index (χ4v) is 4.41. The first kappa shape index (κ1) is 14.7. The Hall–Kier alpha value is -1.88. The van der Waals surface area contributed by atoms with Crippen molar-refractivity contribution in [2.75, 3.05) is 19.6 Å². The Morgan fingerprint density at radius 2 is 2.13 bits per heavy atom. The van der Waals surface area contributed by atoms with Crippen LogP contribution in [0.3, 0.4) is 0 Å². The van der Waals surface area contributed by atoms with E-state index in [9.17, 15) is 4.79 Å². The summed E-state index contributed by atoms with van der Waals surface area (Å²) in [5.41, 5.74) is 1.56. The Kier molecular flexibility index (Phi) is 3.81. The van der Waals surface area contributed by atoms with E-state index in [0.29, 0.717) is 12.1 Å². The van der Waals surface area contributed by atoms with Crippen LogP contribution in [0, 0.1) is 0 Å². The van der Waals surface area contributed by atoms with Crippen molar-refractivity contribution < 1.29 is 4.79 Å². The fraction of sp³-hybridized carbons (Fsp3) is 0.556. The van der Waals surface area contributed by atoms with Gasteiger partial charge in [0.15, 0.2) is 0 Å². The van der Waals surface area contributed by atoms with Crippen LogP contribution in [-0.4, -0.2) is 57.4 Å². The molecule has 2 aliphatic rings. The molecule has 2 aliphatic heterocycles. The Labute approximate surface area is 136 Å². The van der Waals surface area contributed by atoms with Crippen LogP contribution in [0.4, 0.5) is 0 Å². The first-order valence-electron chi connectivity index (χ1n) is 8.76. The van der Waals surface area contributed by atoms with E-state index in [4.69, 9.17) is 0 Å². The molecular weight excluding hydrogens is 288 g/mol. The zero-order valence-corrected chi connectivity index (χ0v) is 13.7. The lowest BCUT2D eigenvalue weighted by Crippen LogP contribution is -2.48. The summed E-state index contributed by atoms with van der Waals surface area (Å²) in [7, 11) is 0. The Balaban J connectivity index is 1.62. The molecule has 5 nitrogen and oxygen atoms in total. The Bertz CT molecular complexity index is 710. The van der Waals surface area contributed by atoms with Crippen LogP contribution in [0.15, 0.2) is 24.5 Å². The van der Waals surface area contributed by atoms with Crippen LogP contribution in [0.1, 0.15) is 43.0 Å². The van der Waals surface area contributed by atoms with E-state index in [0.717, 1.165) is 42.5 Å². The molecule has 2 aromatic rings. The first-order valence-corrected chi connectivity index (χ1v) is 8.76. The number of carbonyl (C=O) groups is 1. The van der Waals surface area contributed by atoms with Gasteiger partial charge in [-0.15, -0.1) is 0 Å². The molecule has 4 rings (SSSR count). The molecular formula is C18H24N4O. The van der Waals surface area contributed by atoms with Crippen LogP contribution >= 0.6 is 0 Å². The molecule has 23 heavy (non-hydrogen) atoms. The number of nitrogens with zero attached hydrogens (tertiary/aromatic N) is 3. The predicted octanol–water partition coefficient (Wildman–Crippen LogP) is 2.65. The molecule has 4 heterocycles. The molecule has 0 bridgehead atoms. The number of aromatic amines is 1. The number of rotatable bonds is 3. The molecule has 0 saturated carbocycles. The number of aromatic nitrogens is 2. The van der Waals surface area contributed by atoms with Gasteiger partial charge in [0.25, 0.3) is 5.91 Å². The number of amides is 1. The average Bonchev–Trinajstić information content (AvgIpc) is 3.31. The highest BCUT2D eigenvalue weighted by Crippen LogP contribution is 2.31. The second-order valence-corrected chi connectivity index (χ2v) is 6.65. The van der Waals surface area contributed by atoms with E-state index in [1.807, 2.05) is 18.3 Å². The fourth-order valence-electron chi connectivity index (χ4n) is 4.41. The highest BCUT2D eigenvalue weighted by molar-refractivity contribution is 6.06. The highest BCUT2D eigenvalue weighted by atomic mass is 16.2. The quantitative estimate of drug-likeness (QED) is 0.948. The van der Waals surface area contributed by atoms with Gasteiger partial charge in [0.05, 0.1) is 5.56 Å². The molecule has 2 aromatic heterocycles. The Morgan fingerprint density at radius 3 is 3.00 bits per heavy atom. The third kappa shape index (κ3) is 2.43. The van der Waals surface area contributed by atoms with Crippen LogP contribution < -0.4 is 0 Å². The summed E-state index contributed by atoms with van der Waals surface area (Å²) < 4.78 is 0. The van der Waals surface area contributed by atoms with E-state index >= 15 is 0 Å². The smallest absolute Gasteiger partial charge is 0.256 e. The molecule has 0 spiro atoms. The lowest BCUT2D eigenvalue weighted by atomic mass is 10.0.